The number of imidazole rings is 1. The van der Waals surface area contributed by atoms with Crippen LogP contribution in [0.25, 0.3) is 61.2 Å². The summed E-state index contributed by atoms with van der Waals surface area (Å²) >= 11 is 0. The minimum Gasteiger partial charge on any atom is -0.337 e. The SMILES string of the molecule is O=[N+]([O-])c1ccc(-n2cc(-c3nc4c5cccnc5c5ncccc5c4[nH]3)c(-c3ccc(F)cc3)n2)c([N+](=O)[O-])c1. The van der Waals surface area contributed by atoms with Gasteiger partial charge in [-0.3, -0.25) is 30.2 Å². The third kappa shape index (κ3) is 3.83. The van der Waals surface area contributed by atoms with Crippen LogP contribution in [0.3, 0.4) is 0 Å². The lowest BCUT2D eigenvalue weighted by molar-refractivity contribution is -0.394. The first-order chi connectivity index (χ1) is 19.9. The van der Waals surface area contributed by atoms with Gasteiger partial charge >= 0.3 is 5.69 Å². The fraction of sp³-hybridized carbons (Fsp3) is 0. The summed E-state index contributed by atoms with van der Waals surface area (Å²) in [6, 6.07) is 16.4. The highest BCUT2D eigenvalue weighted by Crippen LogP contribution is 2.37. The Morgan fingerprint density at radius 2 is 1.54 bits per heavy atom. The van der Waals surface area contributed by atoms with Crippen molar-refractivity contribution in [1.29, 1.82) is 0 Å². The number of nitrogens with one attached hydrogen (secondary N) is 1. The number of rotatable bonds is 5. The molecule has 0 fully saturated rings. The Morgan fingerprint density at radius 3 is 2.24 bits per heavy atom. The highest BCUT2D eigenvalue weighted by Gasteiger charge is 2.25. The zero-order valence-electron chi connectivity index (χ0n) is 20.7. The van der Waals surface area contributed by atoms with Gasteiger partial charge in [0.05, 0.1) is 43.5 Å². The number of hydrogen-bond acceptors (Lipinski definition) is 8. The van der Waals surface area contributed by atoms with Crippen molar-refractivity contribution in [1.82, 2.24) is 29.7 Å². The quantitative estimate of drug-likeness (QED) is 0.153. The van der Waals surface area contributed by atoms with Gasteiger partial charge < -0.3 is 4.98 Å². The summed E-state index contributed by atoms with van der Waals surface area (Å²) in [6.07, 6.45) is 4.92. The molecular formula is C28H15FN8O4. The molecule has 0 spiro atoms. The molecule has 4 aromatic heterocycles. The van der Waals surface area contributed by atoms with Crippen molar-refractivity contribution < 1.29 is 14.2 Å². The maximum absolute atomic E-state index is 13.8. The van der Waals surface area contributed by atoms with Gasteiger partial charge in [-0.05, 0) is 54.6 Å². The Kier molecular flexibility index (Phi) is 5.25. The van der Waals surface area contributed by atoms with Crippen molar-refractivity contribution in [3.05, 3.63) is 111 Å². The highest BCUT2D eigenvalue weighted by atomic mass is 19.1. The number of non-ortho nitro benzene ring substituents is 1. The molecule has 13 heteroatoms. The Balaban J connectivity index is 1.51. The molecule has 198 valence electrons. The molecule has 0 aliphatic heterocycles. The van der Waals surface area contributed by atoms with Crippen LogP contribution in [0.4, 0.5) is 15.8 Å². The Labute approximate surface area is 228 Å². The van der Waals surface area contributed by atoms with Crippen molar-refractivity contribution in [2.75, 3.05) is 0 Å². The summed E-state index contributed by atoms with van der Waals surface area (Å²) < 4.78 is 15.1. The van der Waals surface area contributed by atoms with Crippen LogP contribution in [0.2, 0.25) is 0 Å². The number of nitro groups is 2. The molecule has 12 nitrogen and oxygen atoms in total. The number of halogens is 1. The number of aromatic nitrogens is 6. The van der Waals surface area contributed by atoms with E-state index >= 15 is 0 Å². The number of aromatic amines is 1. The van der Waals surface area contributed by atoms with E-state index < -0.39 is 27.0 Å². The second kappa shape index (κ2) is 8.98. The van der Waals surface area contributed by atoms with Crippen LogP contribution in [0.15, 0.2) is 85.3 Å². The minimum absolute atomic E-state index is 0.00984. The number of hydrogen-bond donors (Lipinski definition) is 1. The summed E-state index contributed by atoms with van der Waals surface area (Å²) in [6.45, 7) is 0. The van der Waals surface area contributed by atoms with Crippen molar-refractivity contribution in [2.45, 2.75) is 0 Å². The third-order valence-corrected chi connectivity index (χ3v) is 6.77. The Hall–Kier alpha value is -6.11. The molecule has 0 saturated carbocycles. The lowest BCUT2D eigenvalue weighted by atomic mass is 10.1. The summed E-state index contributed by atoms with van der Waals surface area (Å²) in [5, 5.41) is 29.3. The van der Waals surface area contributed by atoms with Crippen LogP contribution in [0, 0.1) is 26.0 Å². The molecule has 0 aliphatic carbocycles. The lowest BCUT2D eigenvalue weighted by Gasteiger charge is -2.03. The van der Waals surface area contributed by atoms with E-state index in [-0.39, 0.29) is 5.69 Å². The van der Waals surface area contributed by atoms with Crippen LogP contribution < -0.4 is 0 Å². The van der Waals surface area contributed by atoms with E-state index in [0.717, 1.165) is 16.8 Å². The molecule has 0 unspecified atom stereocenters. The van der Waals surface area contributed by atoms with Crippen molar-refractivity contribution in [3.8, 4) is 28.3 Å². The molecule has 0 amide bonds. The molecule has 0 aliphatic rings. The van der Waals surface area contributed by atoms with E-state index in [2.05, 4.69) is 20.1 Å². The van der Waals surface area contributed by atoms with Gasteiger partial charge in [0.1, 0.15) is 23.0 Å². The zero-order valence-corrected chi connectivity index (χ0v) is 20.7. The van der Waals surface area contributed by atoms with Gasteiger partial charge in [0.25, 0.3) is 5.69 Å². The lowest BCUT2D eigenvalue weighted by Crippen LogP contribution is -2.02. The molecule has 0 bridgehead atoms. The topological polar surface area (TPSA) is 159 Å². The van der Waals surface area contributed by atoms with E-state index in [4.69, 9.17) is 4.98 Å². The summed E-state index contributed by atoms with van der Waals surface area (Å²) in [7, 11) is 0. The zero-order chi connectivity index (χ0) is 28.2. The summed E-state index contributed by atoms with van der Waals surface area (Å²) in [5.74, 6) is -0.0425. The van der Waals surface area contributed by atoms with Gasteiger partial charge in [-0.2, -0.15) is 5.10 Å². The van der Waals surface area contributed by atoms with Crippen LogP contribution in [-0.4, -0.2) is 39.6 Å². The first-order valence-corrected chi connectivity index (χ1v) is 12.2. The standard InChI is InChI=1S/C28H15FN8O4/c29-16-7-5-15(6-8-16)23-20(14-35(34-23)21-10-9-17(36(38)39)13-22(21)37(40)41)28-32-26-18-3-1-11-30-24(18)25-19(27(26)33-28)4-2-12-31-25/h1-14H,(H,32,33). The second-order valence-corrected chi connectivity index (χ2v) is 9.14. The Bertz CT molecular complexity index is 2120. The molecule has 41 heavy (non-hydrogen) atoms. The number of fused-ring (bicyclic) bond motifs is 6. The fourth-order valence-electron chi connectivity index (χ4n) is 4.93. The number of nitro benzene ring substituents is 2. The van der Waals surface area contributed by atoms with E-state index in [1.165, 1.54) is 41.1 Å². The number of H-pyrrole nitrogens is 1. The fourth-order valence-corrected chi connectivity index (χ4v) is 4.93. The minimum atomic E-state index is -0.708. The van der Waals surface area contributed by atoms with Crippen LogP contribution in [0.5, 0.6) is 0 Å². The van der Waals surface area contributed by atoms with Gasteiger partial charge in [-0.15, -0.1) is 0 Å². The predicted octanol–water partition coefficient (Wildman–Crippen LogP) is 6.13. The van der Waals surface area contributed by atoms with Crippen LogP contribution in [-0.2, 0) is 0 Å². The number of nitrogens with zero attached hydrogens (tertiary/aromatic N) is 7. The monoisotopic (exact) mass is 546 g/mol. The predicted molar refractivity (Wildman–Crippen MR) is 148 cm³/mol. The molecule has 7 aromatic rings. The largest absolute Gasteiger partial charge is 0.337 e. The maximum atomic E-state index is 13.8. The van der Waals surface area contributed by atoms with E-state index in [0.29, 0.717) is 44.7 Å². The van der Waals surface area contributed by atoms with Gasteiger partial charge in [0, 0.05) is 41.0 Å². The second-order valence-electron chi connectivity index (χ2n) is 9.14. The van der Waals surface area contributed by atoms with Gasteiger partial charge in [-0.25, -0.2) is 14.1 Å². The molecular weight excluding hydrogens is 531 g/mol. The first kappa shape index (κ1) is 24.0. The smallest absolute Gasteiger partial charge is 0.301 e. The molecule has 4 heterocycles. The average molecular weight is 546 g/mol. The summed E-state index contributed by atoms with van der Waals surface area (Å²) in [5.41, 5.74) is 3.18. The normalized spacial score (nSPS) is 11.4. The van der Waals surface area contributed by atoms with E-state index in [1.54, 1.807) is 24.7 Å². The van der Waals surface area contributed by atoms with Gasteiger partial charge in [0.2, 0.25) is 0 Å². The van der Waals surface area contributed by atoms with Crippen LogP contribution in [0.1, 0.15) is 0 Å². The van der Waals surface area contributed by atoms with E-state index in [1.807, 2.05) is 18.2 Å². The maximum Gasteiger partial charge on any atom is 0.301 e. The summed E-state index contributed by atoms with van der Waals surface area (Å²) in [4.78, 5) is 39.0. The first-order valence-electron chi connectivity index (χ1n) is 12.2. The number of benzene rings is 3. The van der Waals surface area contributed by atoms with Crippen molar-refractivity contribution in [2.24, 2.45) is 0 Å². The molecule has 7 rings (SSSR count). The van der Waals surface area contributed by atoms with Gasteiger partial charge in [-0.1, -0.05) is 0 Å². The Morgan fingerprint density at radius 1 is 0.829 bits per heavy atom. The molecule has 1 N–H and O–H groups in total. The van der Waals surface area contributed by atoms with Gasteiger partial charge in [0.15, 0.2) is 0 Å². The highest BCUT2D eigenvalue weighted by molar-refractivity contribution is 6.21. The third-order valence-electron chi connectivity index (χ3n) is 6.77. The van der Waals surface area contributed by atoms with Crippen molar-refractivity contribution >= 4 is 44.2 Å². The molecule has 0 saturated heterocycles. The molecule has 0 radical (unpaired) electrons. The average Bonchev–Trinajstić information content (AvgIpc) is 3.63. The molecule has 3 aromatic carbocycles. The van der Waals surface area contributed by atoms with E-state index in [9.17, 15) is 24.6 Å². The molecule has 0 atom stereocenters. The number of pyridine rings is 2. The van der Waals surface area contributed by atoms with Crippen molar-refractivity contribution in [3.63, 3.8) is 0 Å². The van der Waals surface area contributed by atoms with Crippen LogP contribution >= 0.6 is 0 Å².